The van der Waals surface area contributed by atoms with Crippen LogP contribution >= 0.6 is 0 Å². The Morgan fingerprint density at radius 3 is 2.44 bits per heavy atom. The molecule has 0 N–H and O–H groups in total. The Morgan fingerprint density at radius 1 is 1.31 bits per heavy atom. The molecule has 0 unspecified atom stereocenters. The fourth-order valence-corrected chi connectivity index (χ4v) is 1.60. The Bertz CT molecular complexity index is 452. The van der Waals surface area contributed by atoms with E-state index in [9.17, 15) is 14.0 Å². The second kappa shape index (κ2) is 4.04. The van der Waals surface area contributed by atoms with Crippen LogP contribution in [0.15, 0.2) is 18.2 Å². The second-order valence-electron chi connectivity index (χ2n) is 3.90. The normalized spacial score (nSPS) is 14.5. The lowest BCUT2D eigenvalue weighted by Gasteiger charge is -2.31. The summed E-state index contributed by atoms with van der Waals surface area (Å²) in [5.74, 6) is -1.12. The van der Waals surface area contributed by atoms with Crippen molar-refractivity contribution in [2.24, 2.45) is 0 Å². The van der Waals surface area contributed by atoms with Crippen LogP contribution in [0.1, 0.15) is 34.1 Å². The van der Waals surface area contributed by atoms with Gasteiger partial charge in [-0.05, 0) is 25.5 Å². The molecule has 84 valence electrons. The summed E-state index contributed by atoms with van der Waals surface area (Å²) in [6.45, 7) is 2.74. The minimum Gasteiger partial charge on any atom is -0.338 e. The van der Waals surface area contributed by atoms with Crippen molar-refractivity contribution in [3.05, 3.63) is 35.1 Å². The molecule has 1 amide bonds. The minimum absolute atomic E-state index is 0.0460. The number of carbonyl (C=O) groups excluding carboxylic acids is 2. The molecular weight excluding hydrogens is 209 g/mol. The van der Waals surface area contributed by atoms with Gasteiger partial charge in [-0.2, -0.15) is 0 Å². The summed E-state index contributed by atoms with van der Waals surface area (Å²) in [6.07, 6.45) is 0.971. The second-order valence-corrected chi connectivity index (χ2v) is 3.90. The minimum atomic E-state index is -0.621. The van der Waals surface area contributed by atoms with Crippen molar-refractivity contribution in [3.63, 3.8) is 0 Å². The number of carbonyl (C=O) groups is 2. The molecule has 1 aromatic rings. The van der Waals surface area contributed by atoms with E-state index in [1.807, 2.05) is 0 Å². The van der Waals surface area contributed by atoms with Gasteiger partial charge >= 0.3 is 0 Å². The van der Waals surface area contributed by atoms with E-state index in [0.29, 0.717) is 13.1 Å². The number of benzene rings is 1. The van der Waals surface area contributed by atoms with Crippen LogP contribution in [0.4, 0.5) is 4.39 Å². The zero-order valence-corrected chi connectivity index (χ0v) is 9.00. The van der Waals surface area contributed by atoms with Crippen LogP contribution in [-0.4, -0.2) is 29.7 Å². The molecule has 0 bridgehead atoms. The van der Waals surface area contributed by atoms with E-state index in [4.69, 9.17) is 0 Å². The molecule has 1 heterocycles. The number of Topliss-reactive ketones (excluding diaryl/α,β-unsaturated/α-hetero) is 1. The Morgan fingerprint density at radius 2 is 2.00 bits per heavy atom. The number of rotatable bonds is 2. The molecule has 3 nitrogen and oxygen atoms in total. The Hall–Kier alpha value is -1.71. The van der Waals surface area contributed by atoms with Gasteiger partial charge in [0.2, 0.25) is 0 Å². The number of halogens is 1. The van der Waals surface area contributed by atoms with E-state index >= 15 is 0 Å². The first-order valence-corrected chi connectivity index (χ1v) is 5.19. The molecule has 4 heteroatoms. The van der Waals surface area contributed by atoms with Crippen molar-refractivity contribution in [1.29, 1.82) is 0 Å². The average molecular weight is 221 g/mol. The largest absolute Gasteiger partial charge is 0.338 e. The molecule has 2 rings (SSSR count). The van der Waals surface area contributed by atoms with E-state index in [0.717, 1.165) is 12.5 Å². The predicted octanol–water partition coefficient (Wildman–Crippen LogP) is 1.87. The van der Waals surface area contributed by atoms with Crippen LogP contribution in [0.2, 0.25) is 0 Å². The molecule has 1 aliphatic rings. The maximum atomic E-state index is 13.6. The summed E-state index contributed by atoms with van der Waals surface area (Å²) in [5.41, 5.74) is 0.336. The van der Waals surface area contributed by atoms with Gasteiger partial charge in [-0.1, -0.05) is 6.07 Å². The maximum Gasteiger partial charge on any atom is 0.256 e. The standard InChI is InChI=1S/C12H12FNO2/c1-8(15)9-3-4-10(11(13)7-9)12(16)14-5-2-6-14/h3-4,7H,2,5-6H2,1H3. The van der Waals surface area contributed by atoms with E-state index in [1.54, 1.807) is 4.90 Å². The highest BCUT2D eigenvalue weighted by molar-refractivity contribution is 5.98. The predicted molar refractivity (Wildman–Crippen MR) is 56.9 cm³/mol. The summed E-state index contributed by atoms with van der Waals surface area (Å²) in [4.78, 5) is 24.3. The summed E-state index contributed by atoms with van der Waals surface area (Å²) in [7, 11) is 0. The first-order chi connectivity index (χ1) is 7.59. The van der Waals surface area contributed by atoms with Crippen LogP contribution < -0.4 is 0 Å². The van der Waals surface area contributed by atoms with Crippen LogP contribution in [0.3, 0.4) is 0 Å². The van der Waals surface area contributed by atoms with Gasteiger partial charge in [-0.25, -0.2) is 4.39 Å². The highest BCUT2D eigenvalue weighted by Crippen LogP contribution is 2.16. The van der Waals surface area contributed by atoms with Crippen molar-refractivity contribution in [2.75, 3.05) is 13.1 Å². The fraction of sp³-hybridized carbons (Fsp3) is 0.333. The monoisotopic (exact) mass is 221 g/mol. The van der Waals surface area contributed by atoms with Gasteiger partial charge in [0.05, 0.1) is 5.56 Å². The molecule has 0 radical (unpaired) electrons. The average Bonchev–Trinajstić information content (AvgIpc) is 2.14. The summed E-state index contributed by atoms with van der Waals surface area (Å²) < 4.78 is 13.6. The molecule has 0 atom stereocenters. The lowest BCUT2D eigenvalue weighted by molar-refractivity contribution is 0.0646. The number of nitrogens with zero attached hydrogens (tertiary/aromatic N) is 1. The Kier molecular flexibility index (Phi) is 2.73. The van der Waals surface area contributed by atoms with Crippen LogP contribution in [0.25, 0.3) is 0 Å². The number of ketones is 1. The van der Waals surface area contributed by atoms with Crippen LogP contribution in [-0.2, 0) is 0 Å². The SMILES string of the molecule is CC(=O)c1ccc(C(=O)N2CCC2)c(F)c1. The summed E-state index contributed by atoms with van der Waals surface area (Å²) in [5, 5.41) is 0. The lowest BCUT2D eigenvalue weighted by Crippen LogP contribution is -2.42. The fourth-order valence-electron chi connectivity index (χ4n) is 1.60. The highest BCUT2D eigenvalue weighted by atomic mass is 19.1. The molecule has 16 heavy (non-hydrogen) atoms. The molecule has 1 aromatic carbocycles. The molecule has 0 spiro atoms. The first kappa shape index (κ1) is 10.8. The third kappa shape index (κ3) is 1.83. The van der Waals surface area contributed by atoms with E-state index in [2.05, 4.69) is 0 Å². The number of amides is 1. The summed E-state index contributed by atoms with van der Waals surface area (Å²) >= 11 is 0. The van der Waals surface area contributed by atoms with E-state index < -0.39 is 5.82 Å². The van der Waals surface area contributed by atoms with Crippen molar-refractivity contribution in [1.82, 2.24) is 4.90 Å². The van der Waals surface area contributed by atoms with E-state index in [-0.39, 0.29) is 22.8 Å². The number of likely N-dealkylation sites (tertiary alicyclic amines) is 1. The van der Waals surface area contributed by atoms with Gasteiger partial charge < -0.3 is 4.90 Å². The molecule has 1 saturated heterocycles. The molecule has 1 aliphatic heterocycles. The molecule has 1 fully saturated rings. The van der Waals surface area contributed by atoms with Gasteiger partial charge in [-0.15, -0.1) is 0 Å². The maximum absolute atomic E-state index is 13.6. The summed E-state index contributed by atoms with van der Waals surface area (Å²) in [6, 6.07) is 3.99. The number of hydrogen-bond donors (Lipinski definition) is 0. The Labute approximate surface area is 92.9 Å². The Balaban J connectivity index is 2.28. The van der Waals surface area contributed by atoms with Gasteiger partial charge in [0, 0.05) is 18.7 Å². The van der Waals surface area contributed by atoms with Gasteiger partial charge in [0.1, 0.15) is 5.82 Å². The van der Waals surface area contributed by atoms with Gasteiger partial charge in [0.25, 0.3) is 5.91 Å². The molecular formula is C12H12FNO2. The van der Waals surface area contributed by atoms with Crippen LogP contribution in [0.5, 0.6) is 0 Å². The topological polar surface area (TPSA) is 37.4 Å². The molecule has 0 saturated carbocycles. The molecule has 0 aromatic heterocycles. The van der Waals surface area contributed by atoms with E-state index in [1.165, 1.54) is 19.1 Å². The lowest BCUT2D eigenvalue weighted by atomic mass is 10.1. The van der Waals surface area contributed by atoms with Crippen molar-refractivity contribution in [3.8, 4) is 0 Å². The zero-order valence-electron chi connectivity index (χ0n) is 9.00. The zero-order chi connectivity index (χ0) is 11.7. The molecule has 0 aliphatic carbocycles. The van der Waals surface area contributed by atoms with Gasteiger partial charge in [0.15, 0.2) is 5.78 Å². The number of hydrogen-bond acceptors (Lipinski definition) is 2. The van der Waals surface area contributed by atoms with Crippen molar-refractivity contribution < 1.29 is 14.0 Å². The quantitative estimate of drug-likeness (QED) is 0.715. The smallest absolute Gasteiger partial charge is 0.256 e. The van der Waals surface area contributed by atoms with Crippen LogP contribution in [0, 0.1) is 5.82 Å². The van der Waals surface area contributed by atoms with Crippen molar-refractivity contribution in [2.45, 2.75) is 13.3 Å². The van der Waals surface area contributed by atoms with Crippen molar-refractivity contribution >= 4 is 11.7 Å². The third-order valence-corrected chi connectivity index (χ3v) is 2.75. The first-order valence-electron chi connectivity index (χ1n) is 5.19. The highest BCUT2D eigenvalue weighted by Gasteiger charge is 2.24. The third-order valence-electron chi connectivity index (χ3n) is 2.75. The van der Waals surface area contributed by atoms with Gasteiger partial charge in [-0.3, -0.25) is 9.59 Å².